The first kappa shape index (κ1) is 16.1. The molecule has 0 radical (unpaired) electrons. The van der Waals surface area contributed by atoms with Gasteiger partial charge in [-0.15, -0.1) is 0 Å². The SMILES string of the molecule is CCCC1(C(=O)O)CCCN1C(=O)N1CCCCC1CO. The zero-order valence-corrected chi connectivity index (χ0v) is 12.8. The minimum Gasteiger partial charge on any atom is -0.479 e. The molecule has 2 aliphatic heterocycles. The second kappa shape index (κ2) is 6.64. The third-order valence-electron chi connectivity index (χ3n) is 4.86. The molecule has 2 heterocycles. The topological polar surface area (TPSA) is 81.1 Å². The lowest BCUT2D eigenvalue weighted by Crippen LogP contribution is -2.59. The predicted molar refractivity (Wildman–Crippen MR) is 78.0 cm³/mol. The highest BCUT2D eigenvalue weighted by molar-refractivity contribution is 5.87. The van der Waals surface area contributed by atoms with Crippen molar-refractivity contribution in [2.45, 2.75) is 63.5 Å². The molecule has 2 aliphatic rings. The fourth-order valence-electron chi connectivity index (χ4n) is 3.76. The number of piperidine rings is 1. The molecule has 2 atom stereocenters. The van der Waals surface area contributed by atoms with Crippen LogP contribution in [-0.2, 0) is 4.79 Å². The number of aliphatic hydroxyl groups excluding tert-OH is 1. The Morgan fingerprint density at radius 1 is 1.24 bits per heavy atom. The van der Waals surface area contributed by atoms with Gasteiger partial charge >= 0.3 is 12.0 Å². The van der Waals surface area contributed by atoms with Crippen LogP contribution in [0.3, 0.4) is 0 Å². The Morgan fingerprint density at radius 2 is 2.00 bits per heavy atom. The molecule has 2 N–H and O–H groups in total. The van der Waals surface area contributed by atoms with Gasteiger partial charge in [-0.3, -0.25) is 0 Å². The van der Waals surface area contributed by atoms with E-state index in [-0.39, 0.29) is 18.7 Å². The van der Waals surface area contributed by atoms with Crippen molar-refractivity contribution >= 4 is 12.0 Å². The Balaban J connectivity index is 2.21. The van der Waals surface area contributed by atoms with Crippen molar-refractivity contribution in [3.8, 4) is 0 Å². The fourth-order valence-corrected chi connectivity index (χ4v) is 3.76. The molecule has 0 aromatic rings. The fraction of sp³-hybridized carbons (Fsp3) is 0.867. The van der Waals surface area contributed by atoms with Crippen LogP contribution in [0.2, 0.25) is 0 Å². The second-order valence-electron chi connectivity index (χ2n) is 6.15. The van der Waals surface area contributed by atoms with E-state index in [0.717, 1.165) is 32.1 Å². The molecule has 2 rings (SSSR count). The van der Waals surface area contributed by atoms with Gasteiger partial charge in [-0.2, -0.15) is 0 Å². The lowest BCUT2D eigenvalue weighted by Gasteiger charge is -2.42. The van der Waals surface area contributed by atoms with E-state index in [1.807, 2.05) is 6.92 Å². The zero-order chi connectivity index (χ0) is 15.5. The number of amides is 2. The van der Waals surface area contributed by atoms with Crippen molar-refractivity contribution in [2.24, 2.45) is 0 Å². The van der Waals surface area contributed by atoms with Crippen LogP contribution < -0.4 is 0 Å². The Kier molecular flexibility index (Phi) is 5.08. The van der Waals surface area contributed by atoms with Crippen molar-refractivity contribution in [1.29, 1.82) is 0 Å². The quantitative estimate of drug-likeness (QED) is 0.827. The van der Waals surface area contributed by atoms with E-state index >= 15 is 0 Å². The normalized spacial score (nSPS) is 29.7. The maximum Gasteiger partial charge on any atom is 0.329 e. The Bertz CT molecular complexity index is 401. The van der Waals surface area contributed by atoms with E-state index in [4.69, 9.17) is 0 Å². The van der Waals surface area contributed by atoms with E-state index in [9.17, 15) is 19.8 Å². The van der Waals surface area contributed by atoms with E-state index in [2.05, 4.69) is 0 Å². The minimum atomic E-state index is -1.05. The van der Waals surface area contributed by atoms with Crippen LogP contribution in [-0.4, -0.2) is 63.3 Å². The number of carbonyl (C=O) groups is 2. The molecular weight excluding hydrogens is 272 g/mol. The van der Waals surface area contributed by atoms with Crippen molar-refractivity contribution in [1.82, 2.24) is 9.80 Å². The Hall–Kier alpha value is -1.30. The number of carboxylic acid groups (broad SMARTS) is 1. The third kappa shape index (κ3) is 2.86. The number of rotatable bonds is 4. The molecule has 0 saturated carbocycles. The molecule has 2 saturated heterocycles. The summed E-state index contributed by atoms with van der Waals surface area (Å²) < 4.78 is 0. The van der Waals surface area contributed by atoms with E-state index in [1.165, 1.54) is 0 Å². The highest BCUT2D eigenvalue weighted by Gasteiger charge is 2.50. The number of hydrogen-bond acceptors (Lipinski definition) is 3. The van der Waals surface area contributed by atoms with Gasteiger partial charge in [0.05, 0.1) is 12.6 Å². The summed E-state index contributed by atoms with van der Waals surface area (Å²) in [6.45, 7) is 3.01. The summed E-state index contributed by atoms with van der Waals surface area (Å²) in [5.74, 6) is -0.896. The number of aliphatic carboxylic acids is 1. The number of aliphatic hydroxyl groups is 1. The summed E-state index contributed by atoms with van der Waals surface area (Å²) in [7, 11) is 0. The molecule has 6 heteroatoms. The van der Waals surface area contributed by atoms with Crippen LogP contribution in [0.25, 0.3) is 0 Å². The van der Waals surface area contributed by atoms with E-state index < -0.39 is 11.5 Å². The standard InChI is InChI=1S/C15H26N2O4/c1-2-7-15(13(19)20)8-5-10-17(15)14(21)16-9-4-3-6-12(16)11-18/h12,18H,2-11H2,1H3,(H,19,20). The smallest absolute Gasteiger partial charge is 0.329 e. The molecule has 0 aliphatic carbocycles. The lowest BCUT2D eigenvalue weighted by molar-refractivity contribution is -0.149. The van der Waals surface area contributed by atoms with Crippen molar-refractivity contribution in [3.05, 3.63) is 0 Å². The molecule has 0 bridgehead atoms. The molecule has 6 nitrogen and oxygen atoms in total. The number of carboxylic acids is 1. The highest BCUT2D eigenvalue weighted by atomic mass is 16.4. The maximum absolute atomic E-state index is 12.8. The van der Waals surface area contributed by atoms with Gasteiger partial charge in [-0.25, -0.2) is 9.59 Å². The van der Waals surface area contributed by atoms with Crippen LogP contribution in [0.5, 0.6) is 0 Å². The van der Waals surface area contributed by atoms with Crippen LogP contribution in [0.15, 0.2) is 0 Å². The molecule has 2 amide bonds. The van der Waals surface area contributed by atoms with Gasteiger partial charge in [0, 0.05) is 13.1 Å². The van der Waals surface area contributed by atoms with Crippen LogP contribution >= 0.6 is 0 Å². The van der Waals surface area contributed by atoms with Gasteiger partial charge in [0.1, 0.15) is 5.54 Å². The summed E-state index contributed by atoms with van der Waals surface area (Å²) >= 11 is 0. The number of carbonyl (C=O) groups excluding carboxylic acids is 1. The monoisotopic (exact) mass is 298 g/mol. The molecule has 120 valence electrons. The summed E-state index contributed by atoms with van der Waals surface area (Å²) in [6.07, 6.45) is 5.21. The summed E-state index contributed by atoms with van der Waals surface area (Å²) in [4.78, 5) is 27.9. The number of hydrogen-bond donors (Lipinski definition) is 2. The van der Waals surface area contributed by atoms with Gasteiger partial charge in [-0.05, 0) is 38.5 Å². The summed E-state index contributed by atoms with van der Waals surface area (Å²) in [6, 6.07) is -0.373. The first-order valence-electron chi connectivity index (χ1n) is 7.99. The maximum atomic E-state index is 12.8. The minimum absolute atomic E-state index is 0.0482. The van der Waals surface area contributed by atoms with E-state index in [0.29, 0.717) is 25.9 Å². The molecule has 21 heavy (non-hydrogen) atoms. The van der Waals surface area contributed by atoms with Gasteiger partial charge in [0.2, 0.25) is 0 Å². The van der Waals surface area contributed by atoms with Crippen LogP contribution in [0, 0.1) is 0 Å². The van der Waals surface area contributed by atoms with Crippen molar-refractivity contribution in [2.75, 3.05) is 19.7 Å². The van der Waals surface area contributed by atoms with Gasteiger partial charge in [-0.1, -0.05) is 13.3 Å². The summed E-state index contributed by atoms with van der Waals surface area (Å²) in [5.41, 5.74) is -1.05. The largest absolute Gasteiger partial charge is 0.479 e. The van der Waals surface area contributed by atoms with E-state index in [1.54, 1.807) is 9.80 Å². The third-order valence-corrected chi connectivity index (χ3v) is 4.86. The lowest BCUT2D eigenvalue weighted by atomic mass is 9.90. The predicted octanol–water partition coefficient (Wildman–Crippen LogP) is 1.67. The number of likely N-dealkylation sites (tertiary alicyclic amines) is 2. The molecule has 0 spiro atoms. The molecule has 0 aromatic heterocycles. The molecule has 0 aromatic carbocycles. The Labute approximate surface area is 125 Å². The average Bonchev–Trinajstić information content (AvgIpc) is 2.92. The van der Waals surface area contributed by atoms with Crippen molar-refractivity contribution < 1.29 is 19.8 Å². The van der Waals surface area contributed by atoms with Gasteiger partial charge in [0.15, 0.2) is 0 Å². The number of nitrogens with zero attached hydrogens (tertiary/aromatic N) is 2. The first-order chi connectivity index (χ1) is 10.1. The van der Waals surface area contributed by atoms with Crippen molar-refractivity contribution in [3.63, 3.8) is 0 Å². The molecule has 2 fully saturated rings. The molecule has 2 unspecified atom stereocenters. The zero-order valence-electron chi connectivity index (χ0n) is 12.8. The summed E-state index contributed by atoms with van der Waals surface area (Å²) in [5, 5.41) is 19.1. The highest BCUT2D eigenvalue weighted by Crippen LogP contribution is 2.35. The average molecular weight is 298 g/mol. The van der Waals surface area contributed by atoms with Gasteiger partial charge < -0.3 is 20.0 Å². The van der Waals surface area contributed by atoms with Gasteiger partial charge in [0.25, 0.3) is 0 Å². The second-order valence-corrected chi connectivity index (χ2v) is 6.15. The molecular formula is C15H26N2O4. The first-order valence-corrected chi connectivity index (χ1v) is 7.99. The number of urea groups is 1. The van der Waals surface area contributed by atoms with Crippen LogP contribution in [0.4, 0.5) is 4.79 Å². The Morgan fingerprint density at radius 3 is 2.62 bits per heavy atom. The van der Waals surface area contributed by atoms with Crippen LogP contribution in [0.1, 0.15) is 51.9 Å².